The van der Waals surface area contributed by atoms with Gasteiger partial charge in [0.05, 0.1) is 10.8 Å². The molecule has 0 bridgehead atoms. The zero-order chi connectivity index (χ0) is 19.2. The maximum atomic E-state index is 13.0. The van der Waals surface area contributed by atoms with Gasteiger partial charge in [-0.1, -0.05) is 66.7 Å². The average molecular weight is 389 g/mol. The van der Waals surface area contributed by atoms with E-state index >= 15 is 0 Å². The summed E-state index contributed by atoms with van der Waals surface area (Å²) in [6.45, 7) is 0.432. The van der Waals surface area contributed by atoms with E-state index in [1.807, 2.05) is 78.2 Å². The molecule has 0 saturated heterocycles. The van der Waals surface area contributed by atoms with Crippen LogP contribution in [0.1, 0.15) is 22.9 Å². The molecule has 0 radical (unpaired) electrons. The molecule has 2 aromatic carbocycles. The Hall–Kier alpha value is -3.25. The number of carbonyl (C=O) groups is 1. The highest BCUT2D eigenvalue weighted by atomic mass is 32.1. The number of nitrogens with zero attached hydrogens (tertiary/aromatic N) is 2. The number of nitrogens with one attached hydrogen (secondary N) is 1. The highest BCUT2D eigenvalue weighted by Crippen LogP contribution is 2.25. The number of rotatable bonds is 7. The van der Waals surface area contributed by atoms with Crippen LogP contribution in [-0.2, 0) is 11.2 Å². The van der Waals surface area contributed by atoms with Crippen LogP contribution in [0.15, 0.2) is 82.6 Å². The van der Waals surface area contributed by atoms with Gasteiger partial charge < -0.3 is 9.73 Å². The molecular formula is C22H19N3O2S. The van der Waals surface area contributed by atoms with Gasteiger partial charge in [0, 0.05) is 13.0 Å². The first kappa shape index (κ1) is 18.1. The second-order valence-corrected chi connectivity index (χ2v) is 7.22. The van der Waals surface area contributed by atoms with Crippen molar-refractivity contribution in [3.05, 3.63) is 95.2 Å². The van der Waals surface area contributed by atoms with Crippen LogP contribution in [0, 0.1) is 0 Å². The quantitative estimate of drug-likeness (QED) is 0.512. The van der Waals surface area contributed by atoms with Crippen molar-refractivity contribution in [2.75, 3.05) is 6.54 Å². The first-order valence-electron chi connectivity index (χ1n) is 9.05. The monoisotopic (exact) mass is 389 g/mol. The molecule has 0 atom stereocenters. The Morgan fingerprint density at radius 1 is 0.929 bits per heavy atom. The van der Waals surface area contributed by atoms with Crippen molar-refractivity contribution in [3.63, 3.8) is 0 Å². The van der Waals surface area contributed by atoms with Crippen molar-refractivity contribution in [2.24, 2.45) is 0 Å². The number of carbonyl (C=O) groups excluding carboxylic acids is 1. The number of aromatic nitrogens is 2. The van der Waals surface area contributed by atoms with E-state index in [4.69, 9.17) is 4.42 Å². The minimum atomic E-state index is -0.355. The fourth-order valence-corrected chi connectivity index (χ4v) is 3.68. The topological polar surface area (TPSA) is 68.0 Å². The van der Waals surface area contributed by atoms with Crippen LogP contribution in [0.2, 0.25) is 0 Å². The van der Waals surface area contributed by atoms with Gasteiger partial charge in [-0.3, -0.25) is 4.79 Å². The zero-order valence-corrected chi connectivity index (χ0v) is 15.9. The first-order chi connectivity index (χ1) is 13.8. The molecule has 28 heavy (non-hydrogen) atoms. The Morgan fingerprint density at radius 3 is 2.21 bits per heavy atom. The Kier molecular flexibility index (Phi) is 5.58. The van der Waals surface area contributed by atoms with Gasteiger partial charge in [0.15, 0.2) is 0 Å². The number of amides is 1. The van der Waals surface area contributed by atoms with E-state index in [2.05, 4.69) is 15.5 Å². The fraction of sp³-hybridized carbons (Fsp3) is 0.136. The third-order valence-corrected chi connectivity index (χ3v) is 5.22. The first-order valence-corrected chi connectivity index (χ1v) is 9.93. The predicted octanol–water partition coefficient (Wildman–Crippen LogP) is 4.29. The van der Waals surface area contributed by atoms with E-state index in [1.165, 1.54) is 0 Å². The lowest BCUT2D eigenvalue weighted by molar-refractivity contribution is -0.121. The van der Waals surface area contributed by atoms with Gasteiger partial charge in [-0.15, -0.1) is 21.5 Å². The van der Waals surface area contributed by atoms with E-state index < -0.39 is 0 Å². The molecule has 6 heteroatoms. The van der Waals surface area contributed by atoms with Gasteiger partial charge in [0.25, 0.3) is 5.89 Å². The molecule has 0 aliphatic rings. The molecule has 0 fully saturated rings. The summed E-state index contributed by atoms with van der Waals surface area (Å²) in [5.74, 6) is 0.629. The van der Waals surface area contributed by atoms with Gasteiger partial charge in [-0.05, 0) is 22.6 Å². The van der Waals surface area contributed by atoms with E-state index in [0.717, 1.165) is 16.0 Å². The normalized spacial score (nSPS) is 10.9. The summed E-state index contributed by atoms with van der Waals surface area (Å²) < 4.78 is 5.68. The van der Waals surface area contributed by atoms with E-state index in [-0.39, 0.29) is 11.8 Å². The zero-order valence-electron chi connectivity index (χ0n) is 15.1. The number of benzene rings is 2. The van der Waals surface area contributed by atoms with Crippen LogP contribution < -0.4 is 5.32 Å². The molecule has 4 rings (SSSR count). The van der Waals surface area contributed by atoms with Crippen LogP contribution in [-0.4, -0.2) is 22.6 Å². The van der Waals surface area contributed by atoms with Gasteiger partial charge in [0.2, 0.25) is 11.8 Å². The molecule has 4 aromatic rings. The smallest absolute Gasteiger partial charge is 0.257 e. The minimum Gasteiger partial charge on any atom is -0.420 e. The van der Waals surface area contributed by atoms with Gasteiger partial charge in [-0.2, -0.15) is 0 Å². The number of thiophene rings is 1. The Bertz CT molecular complexity index is 975. The fourth-order valence-electron chi connectivity index (χ4n) is 3.04. The Morgan fingerprint density at radius 2 is 1.61 bits per heavy atom. The summed E-state index contributed by atoms with van der Waals surface area (Å²) in [6, 6.07) is 23.5. The third kappa shape index (κ3) is 4.18. The van der Waals surface area contributed by atoms with Crippen LogP contribution >= 0.6 is 11.3 Å². The van der Waals surface area contributed by atoms with Crippen molar-refractivity contribution in [3.8, 4) is 10.8 Å². The molecule has 0 unspecified atom stereocenters. The Labute approximate surface area is 167 Å². The van der Waals surface area contributed by atoms with Crippen molar-refractivity contribution in [1.29, 1.82) is 0 Å². The molecule has 0 saturated carbocycles. The van der Waals surface area contributed by atoms with Crippen molar-refractivity contribution >= 4 is 17.2 Å². The molecule has 140 valence electrons. The number of hydrogen-bond donors (Lipinski definition) is 1. The van der Waals surface area contributed by atoms with E-state index in [0.29, 0.717) is 24.7 Å². The summed E-state index contributed by atoms with van der Waals surface area (Å²) >= 11 is 1.55. The molecule has 0 aliphatic heterocycles. The van der Waals surface area contributed by atoms with Gasteiger partial charge in [0.1, 0.15) is 0 Å². The lowest BCUT2D eigenvalue weighted by Crippen LogP contribution is -2.31. The van der Waals surface area contributed by atoms with Gasteiger partial charge in [-0.25, -0.2) is 0 Å². The molecular weight excluding hydrogens is 370 g/mol. The highest BCUT2D eigenvalue weighted by molar-refractivity contribution is 7.13. The lowest BCUT2D eigenvalue weighted by Gasteiger charge is -2.17. The second kappa shape index (κ2) is 8.63. The molecule has 0 spiro atoms. The van der Waals surface area contributed by atoms with Crippen LogP contribution in [0.25, 0.3) is 10.8 Å². The molecule has 2 heterocycles. The Balaban J connectivity index is 1.42. The minimum absolute atomic E-state index is 0.0459. The summed E-state index contributed by atoms with van der Waals surface area (Å²) in [4.78, 5) is 13.9. The average Bonchev–Trinajstić information content (AvgIpc) is 3.42. The summed E-state index contributed by atoms with van der Waals surface area (Å²) in [7, 11) is 0. The molecule has 1 N–H and O–H groups in total. The maximum Gasteiger partial charge on any atom is 0.257 e. The standard InChI is InChI=1S/C22H19N3O2S/c26-21(20(16-8-3-1-4-9-16)17-10-5-2-6-11-17)23-14-13-19-24-25-22(27-19)18-12-7-15-28-18/h1-12,15,20H,13-14H2,(H,23,26). The van der Waals surface area contributed by atoms with Crippen LogP contribution in [0.4, 0.5) is 0 Å². The molecule has 2 aromatic heterocycles. The van der Waals surface area contributed by atoms with Crippen LogP contribution in [0.5, 0.6) is 0 Å². The lowest BCUT2D eigenvalue weighted by atomic mass is 9.90. The molecule has 5 nitrogen and oxygen atoms in total. The SMILES string of the molecule is O=C(NCCc1nnc(-c2cccs2)o1)C(c1ccccc1)c1ccccc1. The van der Waals surface area contributed by atoms with E-state index in [1.54, 1.807) is 11.3 Å². The maximum absolute atomic E-state index is 13.0. The van der Waals surface area contributed by atoms with Crippen molar-refractivity contribution < 1.29 is 9.21 Å². The summed E-state index contributed by atoms with van der Waals surface area (Å²) in [5, 5.41) is 13.1. The largest absolute Gasteiger partial charge is 0.420 e. The highest BCUT2D eigenvalue weighted by Gasteiger charge is 2.22. The molecule has 0 aliphatic carbocycles. The molecule has 1 amide bonds. The summed E-state index contributed by atoms with van der Waals surface area (Å²) in [5.41, 5.74) is 1.92. The third-order valence-electron chi connectivity index (χ3n) is 4.36. The summed E-state index contributed by atoms with van der Waals surface area (Å²) in [6.07, 6.45) is 0.487. The second-order valence-electron chi connectivity index (χ2n) is 6.27. The number of hydrogen-bond acceptors (Lipinski definition) is 5. The van der Waals surface area contributed by atoms with Crippen molar-refractivity contribution in [2.45, 2.75) is 12.3 Å². The predicted molar refractivity (Wildman–Crippen MR) is 109 cm³/mol. The van der Waals surface area contributed by atoms with Gasteiger partial charge >= 0.3 is 0 Å². The van der Waals surface area contributed by atoms with E-state index in [9.17, 15) is 4.79 Å². The van der Waals surface area contributed by atoms with Crippen molar-refractivity contribution in [1.82, 2.24) is 15.5 Å². The van der Waals surface area contributed by atoms with Crippen LogP contribution in [0.3, 0.4) is 0 Å².